The molecule has 0 saturated heterocycles. The molecule has 0 spiro atoms. The summed E-state index contributed by atoms with van der Waals surface area (Å²) >= 11 is 0. The van der Waals surface area contributed by atoms with Crippen molar-refractivity contribution >= 4 is 28.1 Å². The normalized spacial score (nSPS) is 11.9. The predicted octanol–water partition coefficient (Wildman–Crippen LogP) is 2.63. The van der Waals surface area contributed by atoms with E-state index in [4.69, 9.17) is 5.73 Å². The fourth-order valence-corrected chi connectivity index (χ4v) is 2.94. The lowest BCUT2D eigenvalue weighted by Gasteiger charge is -2.09. The van der Waals surface area contributed by atoms with E-state index in [1.165, 1.54) is 0 Å². The van der Waals surface area contributed by atoms with Crippen LogP contribution in [0.3, 0.4) is 0 Å². The Hall–Kier alpha value is -2.14. The average molecular weight is 302 g/mol. The number of carbonyl (C=O) groups excluding carboxylic acids is 1. The summed E-state index contributed by atoms with van der Waals surface area (Å²) in [5, 5.41) is 2.75. The first-order chi connectivity index (χ1) is 9.95. The second kappa shape index (κ2) is 6.54. The van der Waals surface area contributed by atoms with Gasteiger partial charge in [0.25, 0.3) is 0 Å². The first-order valence-electron chi connectivity index (χ1n) is 6.57. The van der Waals surface area contributed by atoms with E-state index >= 15 is 0 Å². The van der Waals surface area contributed by atoms with Gasteiger partial charge in [0.2, 0.25) is 5.91 Å². The second-order valence-electron chi connectivity index (χ2n) is 4.93. The van der Waals surface area contributed by atoms with E-state index in [9.17, 15) is 9.00 Å². The van der Waals surface area contributed by atoms with E-state index in [1.807, 2.05) is 38.1 Å². The molecule has 0 aromatic heterocycles. The van der Waals surface area contributed by atoms with Gasteiger partial charge in [-0.25, -0.2) is 0 Å². The predicted molar refractivity (Wildman–Crippen MR) is 86.7 cm³/mol. The van der Waals surface area contributed by atoms with Crippen LogP contribution in [0.2, 0.25) is 0 Å². The summed E-state index contributed by atoms with van der Waals surface area (Å²) in [7, 11) is -1.35. The first kappa shape index (κ1) is 15.3. The molecule has 0 bridgehead atoms. The summed E-state index contributed by atoms with van der Waals surface area (Å²) in [6.07, 6.45) is 0. The minimum Gasteiger partial charge on any atom is -0.399 e. The molecule has 110 valence electrons. The van der Waals surface area contributed by atoms with Crippen molar-refractivity contribution in [2.45, 2.75) is 18.7 Å². The van der Waals surface area contributed by atoms with Gasteiger partial charge in [-0.2, -0.15) is 0 Å². The summed E-state index contributed by atoms with van der Waals surface area (Å²) in [5.41, 5.74) is 8.87. The van der Waals surface area contributed by atoms with Gasteiger partial charge in [0.05, 0.1) is 10.8 Å². The fourth-order valence-electron chi connectivity index (χ4n) is 1.92. The molecule has 0 radical (unpaired) electrons. The third-order valence-electron chi connectivity index (χ3n) is 3.05. The first-order valence-corrected chi connectivity index (χ1v) is 7.88. The summed E-state index contributed by atoms with van der Waals surface area (Å²) in [5.74, 6) is -0.360. The van der Waals surface area contributed by atoms with Crippen molar-refractivity contribution < 1.29 is 9.00 Å². The molecule has 0 aliphatic heterocycles. The molecule has 1 amide bonds. The Morgan fingerprint density at radius 3 is 2.67 bits per heavy atom. The highest BCUT2D eigenvalue weighted by molar-refractivity contribution is 7.85. The smallest absolute Gasteiger partial charge is 0.237 e. The van der Waals surface area contributed by atoms with Gasteiger partial charge in [0, 0.05) is 16.3 Å². The van der Waals surface area contributed by atoms with Gasteiger partial charge in [-0.05, 0) is 49.2 Å². The van der Waals surface area contributed by atoms with Gasteiger partial charge in [-0.3, -0.25) is 9.00 Å². The molecule has 0 heterocycles. The summed E-state index contributed by atoms with van der Waals surface area (Å²) in [4.78, 5) is 12.7. The lowest BCUT2D eigenvalue weighted by molar-refractivity contribution is -0.113. The van der Waals surface area contributed by atoms with Crippen LogP contribution in [0.5, 0.6) is 0 Å². The molecule has 2 aromatic rings. The van der Waals surface area contributed by atoms with Crippen molar-refractivity contribution in [2.75, 3.05) is 16.8 Å². The highest BCUT2D eigenvalue weighted by Gasteiger charge is 2.11. The highest BCUT2D eigenvalue weighted by Crippen LogP contribution is 2.18. The maximum atomic E-state index is 12.2. The Morgan fingerprint density at radius 1 is 1.19 bits per heavy atom. The second-order valence-corrected chi connectivity index (χ2v) is 6.38. The summed E-state index contributed by atoms with van der Waals surface area (Å²) < 4.78 is 12.2. The number of aryl methyl sites for hydroxylation is 2. The zero-order valence-corrected chi connectivity index (χ0v) is 12.9. The Kier molecular flexibility index (Phi) is 4.75. The van der Waals surface area contributed by atoms with Crippen molar-refractivity contribution in [3.63, 3.8) is 0 Å². The number of rotatable bonds is 4. The Labute approximate surface area is 126 Å². The van der Waals surface area contributed by atoms with E-state index in [-0.39, 0.29) is 11.7 Å². The third-order valence-corrected chi connectivity index (χ3v) is 4.35. The molecule has 0 aliphatic carbocycles. The van der Waals surface area contributed by atoms with Gasteiger partial charge in [0.1, 0.15) is 5.75 Å². The quantitative estimate of drug-likeness (QED) is 0.853. The van der Waals surface area contributed by atoms with Crippen LogP contribution in [0.1, 0.15) is 11.1 Å². The number of amides is 1. The standard InChI is InChI=1S/C16H18N2O2S/c1-11-4-3-5-14(8-11)21(20)10-16(19)18-15-9-13(17)7-6-12(15)2/h3-9H,10,17H2,1-2H3,(H,18,19). The third kappa shape index (κ3) is 4.16. The van der Waals surface area contributed by atoms with E-state index in [2.05, 4.69) is 5.32 Å². The lowest BCUT2D eigenvalue weighted by Crippen LogP contribution is -2.20. The summed E-state index contributed by atoms with van der Waals surface area (Å²) in [6.45, 7) is 3.81. The van der Waals surface area contributed by atoms with Crippen LogP contribution >= 0.6 is 0 Å². The maximum absolute atomic E-state index is 12.2. The van der Waals surface area contributed by atoms with Crippen LogP contribution in [0.15, 0.2) is 47.4 Å². The molecule has 0 saturated carbocycles. The van der Waals surface area contributed by atoms with Crippen molar-refractivity contribution in [1.29, 1.82) is 0 Å². The molecule has 5 heteroatoms. The number of anilines is 2. The van der Waals surface area contributed by atoms with Crippen molar-refractivity contribution in [1.82, 2.24) is 0 Å². The Morgan fingerprint density at radius 2 is 1.95 bits per heavy atom. The Balaban J connectivity index is 2.05. The number of nitrogens with one attached hydrogen (secondary N) is 1. The number of hydrogen-bond donors (Lipinski definition) is 2. The largest absolute Gasteiger partial charge is 0.399 e. The SMILES string of the molecule is Cc1cccc(S(=O)CC(=O)Nc2cc(N)ccc2C)c1. The molecule has 21 heavy (non-hydrogen) atoms. The van der Waals surface area contributed by atoms with E-state index in [0.717, 1.165) is 11.1 Å². The fraction of sp³-hybridized carbons (Fsp3) is 0.188. The van der Waals surface area contributed by atoms with Crippen LogP contribution in [0.25, 0.3) is 0 Å². The topological polar surface area (TPSA) is 72.2 Å². The van der Waals surface area contributed by atoms with Crippen LogP contribution < -0.4 is 11.1 Å². The average Bonchev–Trinajstić information content (AvgIpc) is 2.42. The van der Waals surface area contributed by atoms with Crippen LogP contribution in [0.4, 0.5) is 11.4 Å². The zero-order chi connectivity index (χ0) is 15.4. The van der Waals surface area contributed by atoms with Crippen molar-refractivity contribution in [3.8, 4) is 0 Å². The number of hydrogen-bond acceptors (Lipinski definition) is 3. The molecule has 0 aliphatic rings. The molecule has 3 N–H and O–H groups in total. The summed E-state index contributed by atoms with van der Waals surface area (Å²) in [6, 6.07) is 12.7. The minimum absolute atomic E-state index is 0.0717. The number of carbonyl (C=O) groups is 1. The maximum Gasteiger partial charge on any atom is 0.237 e. The molecule has 4 nitrogen and oxygen atoms in total. The Bertz CT molecular complexity index is 698. The highest BCUT2D eigenvalue weighted by atomic mass is 32.2. The molecule has 2 rings (SSSR count). The zero-order valence-electron chi connectivity index (χ0n) is 12.1. The monoisotopic (exact) mass is 302 g/mol. The molecule has 1 atom stereocenters. The lowest BCUT2D eigenvalue weighted by atomic mass is 10.2. The molecule has 1 unspecified atom stereocenters. The van der Waals surface area contributed by atoms with Crippen molar-refractivity contribution in [3.05, 3.63) is 53.6 Å². The van der Waals surface area contributed by atoms with Gasteiger partial charge in [-0.1, -0.05) is 18.2 Å². The molecular weight excluding hydrogens is 284 g/mol. The van der Waals surface area contributed by atoms with Crippen LogP contribution in [-0.4, -0.2) is 15.9 Å². The van der Waals surface area contributed by atoms with Gasteiger partial charge in [0.15, 0.2) is 0 Å². The van der Waals surface area contributed by atoms with E-state index < -0.39 is 10.8 Å². The molecule has 0 fully saturated rings. The van der Waals surface area contributed by atoms with Gasteiger partial charge >= 0.3 is 0 Å². The van der Waals surface area contributed by atoms with Crippen LogP contribution in [-0.2, 0) is 15.6 Å². The van der Waals surface area contributed by atoms with Gasteiger partial charge < -0.3 is 11.1 Å². The van der Waals surface area contributed by atoms with Crippen LogP contribution in [0, 0.1) is 13.8 Å². The minimum atomic E-state index is -1.35. The van der Waals surface area contributed by atoms with E-state index in [1.54, 1.807) is 18.2 Å². The van der Waals surface area contributed by atoms with E-state index in [0.29, 0.717) is 16.3 Å². The number of benzene rings is 2. The van der Waals surface area contributed by atoms with Gasteiger partial charge in [-0.15, -0.1) is 0 Å². The van der Waals surface area contributed by atoms with Crippen molar-refractivity contribution in [2.24, 2.45) is 0 Å². The molecule has 2 aromatic carbocycles. The number of nitrogens with two attached hydrogens (primary N) is 1. The number of nitrogen functional groups attached to an aromatic ring is 1. The molecular formula is C16H18N2O2S.